The first kappa shape index (κ1) is 11.5. The normalized spacial score (nSPS) is 12.5. The molecule has 0 aliphatic rings. The van der Waals surface area contributed by atoms with E-state index in [-0.39, 0.29) is 12.5 Å². The third-order valence-electron chi connectivity index (χ3n) is 1.77. The zero-order valence-corrected chi connectivity index (χ0v) is 9.36. The van der Waals surface area contributed by atoms with Crippen LogP contribution in [-0.2, 0) is 0 Å². The lowest BCUT2D eigenvalue weighted by Crippen LogP contribution is -2.31. The third kappa shape index (κ3) is 3.29. The van der Waals surface area contributed by atoms with Crippen molar-refractivity contribution in [3.8, 4) is 0 Å². The molecule has 0 unspecified atom stereocenters. The summed E-state index contributed by atoms with van der Waals surface area (Å²) in [7, 11) is 0. The van der Waals surface area contributed by atoms with E-state index in [9.17, 15) is 9.90 Å². The fraction of sp³-hybridized carbons (Fsp3) is 0.444. The molecule has 0 aliphatic carbocycles. The van der Waals surface area contributed by atoms with Crippen LogP contribution in [0.3, 0.4) is 0 Å². The summed E-state index contributed by atoms with van der Waals surface area (Å²) in [6, 6.07) is 3.35. The van der Waals surface area contributed by atoms with Crippen molar-refractivity contribution in [1.82, 2.24) is 5.32 Å². The number of thiophene rings is 1. The maximum absolute atomic E-state index is 11.4. The molecule has 2 N–H and O–H groups in total. The second kappa shape index (κ2) is 5.34. The number of halogens is 1. The number of rotatable bonds is 4. The molecule has 5 heteroatoms. The highest BCUT2D eigenvalue weighted by Gasteiger charge is 2.09. The van der Waals surface area contributed by atoms with Crippen LogP contribution in [0.4, 0.5) is 0 Å². The monoisotopic (exact) mass is 233 g/mol. The Morgan fingerprint density at radius 1 is 1.71 bits per heavy atom. The molecular formula is C9H12ClNO2S. The van der Waals surface area contributed by atoms with Gasteiger partial charge in [0, 0.05) is 6.54 Å². The van der Waals surface area contributed by atoms with Crippen molar-refractivity contribution in [2.75, 3.05) is 6.54 Å². The van der Waals surface area contributed by atoms with Gasteiger partial charge in [0.1, 0.15) is 0 Å². The Hall–Kier alpha value is -0.580. The van der Waals surface area contributed by atoms with Crippen molar-refractivity contribution in [3.63, 3.8) is 0 Å². The van der Waals surface area contributed by atoms with E-state index >= 15 is 0 Å². The molecular weight excluding hydrogens is 222 g/mol. The second-order valence-electron chi connectivity index (χ2n) is 2.88. The molecule has 1 atom stereocenters. The predicted molar refractivity (Wildman–Crippen MR) is 58.0 cm³/mol. The van der Waals surface area contributed by atoms with Crippen molar-refractivity contribution in [2.45, 2.75) is 19.4 Å². The summed E-state index contributed by atoms with van der Waals surface area (Å²) in [5.74, 6) is -0.186. The average Bonchev–Trinajstić information content (AvgIpc) is 2.60. The Morgan fingerprint density at radius 2 is 2.43 bits per heavy atom. The van der Waals surface area contributed by atoms with E-state index in [1.54, 1.807) is 12.1 Å². The van der Waals surface area contributed by atoms with Gasteiger partial charge in [0.15, 0.2) is 0 Å². The van der Waals surface area contributed by atoms with Gasteiger partial charge in [0.2, 0.25) is 0 Å². The molecule has 1 aromatic rings. The van der Waals surface area contributed by atoms with Crippen molar-refractivity contribution < 1.29 is 9.90 Å². The summed E-state index contributed by atoms with van der Waals surface area (Å²) < 4.78 is 0.589. The van der Waals surface area contributed by atoms with E-state index in [4.69, 9.17) is 11.6 Å². The van der Waals surface area contributed by atoms with Crippen LogP contribution in [-0.4, -0.2) is 23.7 Å². The number of aliphatic hydroxyl groups excluding tert-OH is 1. The number of carbonyl (C=O) groups is 1. The van der Waals surface area contributed by atoms with Crippen LogP contribution in [0.15, 0.2) is 12.1 Å². The maximum atomic E-state index is 11.4. The van der Waals surface area contributed by atoms with Crippen molar-refractivity contribution in [3.05, 3.63) is 21.3 Å². The maximum Gasteiger partial charge on any atom is 0.261 e. The summed E-state index contributed by atoms with van der Waals surface area (Å²) in [5, 5.41) is 11.8. The highest BCUT2D eigenvalue weighted by Crippen LogP contribution is 2.20. The lowest BCUT2D eigenvalue weighted by Gasteiger charge is -2.07. The fourth-order valence-corrected chi connectivity index (χ4v) is 1.84. The summed E-state index contributed by atoms with van der Waals surface area (Å²) in [4.78, 5) is 12.0. The van der Waals surface area contributed by atoms with Crippen molar-refractivity contribution in [2.24, 2.45) is 0 Å². The van der Waals surface area contributed by atoms with E-state index in [0.29, 0.717) is 15.6 Å². The molecule has 0 bridgehead atoms. The first-order valence-electron chi connectivity index (χ1n) is 4.35. The molecule has 1 rings (SSSR count). The molecule has 1 aromatic heterocycles. The molecule has 0 aromatic carbocycles. The van der Waals surface area contributed by atoms with E-state index in [0.717, 1.165) is 0 Å². The lowest BCUT2D eigenvalue weighted by molar-refractivity contribution is 0.0918. The van der Waals surface area contributed by atoms with Gasteiger partial charge in [-0.3, -0.25) is 4.79 Å². The van der Waals surface area contributed by atoms with E-state index in [1.165, 1.54) is 11.3 Å². The Kier molecular flexibility index (Phi) is 4.38. The first-order chi connectivity index (χ1) is 6.63. The third-order valence-corrected chi connectivity index (χ3v) is 3.00. The molecule has 0 spiro atoms. The molecule has 0 fully saturated rings. The molecule has 0 radical (unpaired) electrons. The van der Waals surface area contributed by atoms with Gasteiger partial charge in [0.25, 0.3) is 5.91 Å². The van der Waals surface area contributed by atoms with E-state index in [1.807, 2.05) is 6.92 Å². The summed E-state index contributed by atoms with van der Waals surface area (Å²) in [6.45, 7) is 2.14. The largest absolute Gasteiger partial charge is 0.391 e. The van der Waals surface area contributed by atoms with Gasteiger partial charge in [-0.2, -0.15) is 0 Å². The molecule has 3 nitrogen and oxygen atoms in total. The van der Waals surface area contributed by atoms with Crippen LogP contribution in [0, 0.1) is 0 Å². The zero-order valence-electron chi connectivity index (χ0n) is 7.79. The van der Waals surface area contributed by atoms with Gasteiger partial charge in [-0.05, 0) is 18.6 Å². The van der Waals surface area contributed by atoms with E-state index in [2.05, 4.69) is 5.32 Å². The van der Waals surface area contributed by atoms with Crippen molar-refractivity contribution >= 4 is 28.8 Å². The SMILES string of the molecule is CC[C@@H](O)CNC(=O)c1ccc(Cl)s1. The predicted octanol–water partition coefficient (Wildman–Crippen LogP) is 1.90. The zero-order chi connectivity index (χ0) is 10.6. The quantitative estimate of drug-likeness (QED) is 0.835. The summed E-state index contributed by atoms with van der Waals surface area (Å²) in [5.41, 5.74) is 0. The molecule has 78 valence electrons. The van der Waals surface area contributed by atoms with Crippen LogP contribution in [0.1, 0.15) is 23.0 Å². The molecule has 1 heterocycles. The fourth-order valence-electron chi connectivity index (χ4n) is 0.878. The minimum absolute atomic E-state index is 0.186. The highest BCUT2D eigenvalue weighted by molar-refractivity contribution is 7.17. The minimum Gasteiger partial charge on any atom is -0.391 e. The van der Waals surface area contributed by atoms with Gasteiger partial charge in [-0.25, -0.2) is 0 Å². The number of amides is 1. The molecule has 1 amide bonds. The van der Waals surface area contributed by atoms with Gasteiger partial charge in [-0.15, -0.1) is 11.3 Å². The van der Waals surface area contributed by atoms with Gasteiger partial charge >= 0.3 is 0 Å². The van der Waals surface area contributed by atoms with Crippen LogP contribution in [0.25, 0.3) is 0 Å². The first-order valence-corrected chi connectivity index (χ1v) is 5.54. The van der Waals surface area contributed by atoms with Crippen molar-refractivity contribution in [1.29, 1.82) is 0 Å². The summed E-state index contributed by atoms with van der Waals surface area (Å²) >= 11 is 6.91. The second-order valence-corrected chi connectivity index (χ2v) is 4.59. The number of aliphatic hydroxyl groups is 1. The smallest absolute Gasteiger partial charge is 0.261 e. The molecule has 0 saturated carbocycles. The Morgan fingerprint density at radius 3 is 2.93 bits per heavy atom. The molecule has 0 saturated heterocycles. The Balaban J connectivity index is 2.43. The van der Waals surface area contributed by atoms with Gasteiger partial charge in [0.05, 0.1) is 15.3 Å². The Bertz CT molecular complexity index is 314. The van der Waals surface area contributed by atoms with Crippen LogP contribution < -0.4 is 5.32 Å². The van der Waals surface area contributed by atoms with E-state index < -0.39 is 6.10 Å². The number of hydrogen-bond acceptors (Lipinski definition) is 3. The topological polar surface area (TPSA) is 49.3 Å². The number of hydrogen-bond donors (Lipinski definition) is 2. The number of carbonyl (C=O) groups excluding carboxylic acids is 1. The van der Waals surface area contributed by atoms with Crippen LogP contribution in [0.5, 0.6) is 0 Å². The lowest BCUT2D eigenvalue weighted by atomic mass is 10.3. The van der Waals surface area contributed by atoms with Crippen LogP contribution in [0.2, 0.25) is 4.34 Å². The Labute approximate surface area is 91.7 Å². The minimum atomic E-state index is -0.477. The van der Waals surface area contributed by atoms with Gasteiger partial charge in [-0.1, -0.05) is 18.5 Å². The standard InChI is InChI=1S/C9H12ClNO2S/c1-2-6(12)5-11-9(13)7-3-4-8(10)14-7/h3-4,6,12H,2,5H2,1H3,(H,11,13)/t6-/m1/s1. The average molecular weight is 234 g/mol. The van der Waals surface area contributed by atoms with Gasteiger partial charge < -0.3 is 10.4 Å². The highest BCUT2D eigenvalue weighted by atomic mass is 35.5. The summed E-state index contributed by atoms with van der Waals surface area (Å²) in [6.07, 6.45) is 0.153. The molecule has 0 aliphatic heterocycles. The number of nitrogens with one attached hydrogen (secondary N) is 1. The molecule has 14 heavy (non-hydrogen) atoms. The van der Waals surface area contributed by atoms with Crippen LogP contribution >= 0.6 is 22.9 Å².